The summed E-state index contributed by atoms with van der Waals surface area (Å²) in [5, 5.41) is 2.80. The molecule has 0 aliphatic rings. The highest BCUT2D eigenvalue weighted by molar-refractivity contribution is 5.90. The van der Waals surface area contributed by atoms with Crippen molar-refractivity contribution in [2.24, 2.45) is 5.73 Å². The Morgan fingerprint density at radius 2 is 2.19 bits per heavy atom. The standard InChI is InChI=1S/C12H19N3O/c1-9-6-10(8-14-7-9)15-11(16)4-5-12(2,3)13/h6-8H,4-5,13H2,1-3H3,(H,15,16). The number of anilines is 1. The van der Waals surface area contributed by atoms with Gasteiger partial charge >= 0.3 is 0 Å². The van der Waals surface area contributed by atoms with Crippen LogP contribution in [0.2, 0.25) is 0 Å². The van der Waals surface area contributed by atoms with Gasteiger partial charge in [0.1, 0.15) is 0 Å². The molecule has 0 saturated carbocycles. The van der Waals surface area contributed by atoms with E-state index in [9.17, 15) is 4.79 Å². The van der Waals surface area contributed by atoms with Gasteiger partial charge in [-0.25, -0.2) is 0 Å². The van der Waals surface area contributed by atoms with Crippen molar-refractivity contribution < 1.29 is 4.79 Å². The Balaban J connectivity index is 2.46. The van der Waals surface area contributed by atoms with Gasteiger partial charge in [0.2, 0.25) is 5.91 Å². The second-order valence-corrected chi connectivity index (χ2v) is 4.79. The third-order valence-electron chi connectivity index (χ3n) is 2.16. The monoisotopic (exact) mass is 221 g/mol. The van der Waals surface area contributed by atoms with E-state index < -0.39 is 0 Å². The van der Waals surface area contributed by atoms with Crippen LogP contribution in [0.5, 0.6) is 0 Å². The summed E-state index contributed by atoms with van der Waals surface area (Å²) in [5.74, 6) is -0.0223. The SMILES string of the molecule is Cc1cncc(NC(=O)CCC(C)(C)N)c1. The number of hydrogen-bond acceptors (Lipinski definition) is 3. The first-order valence-corrected chi connectivity index (χ1v) is 5.37. The third-order valence-corrected chi connectivity index (χ3v) is 2.16. The molecule has 4 nitrogen and oxygen atoms in total. The minimum Gasteiger partial charge on any atom is -0.326 e. The molecule has 1 amide bonds. The summed E-state index contributed by atoms with van der Waals surface area (Å²) in [6.45, 7) is 5.76. The van der Waals surface area contributed by atoms with Crippen molar-refractivity contribution in [2.75, 3.05) is 5.32 Å². The highest BCUT2D eigenvalue weighted by atomic mass is 16.1. The average Bonchev–Trinajstić information content (AvgIpc) is 2.14. The Labute approximate surface area is 96.3 Å². The van der Waals surface area contributed by atoms with Crippen LogP contribution in [0.25, 0.3) is 0 Å². The topological polar surface area (TPSA) is 68.0 Å². The molecular formula is C12H19N3O. The first-order valence-electron chi connectivity index (χ1n) is 5.37. The van der Waals surface area contributed by atoms with Gasteiger partial charge in [0.15, 0.2) is 0 Å². The van der Waals surface area contributed by atoms with Crippen LogP contribution in [0, 0.1) is 6.92 Å². The number of nitrogens with two attached hydrogens (primary N) is 1. The second-order valence-electron chi connectivity index (χ2n) is 4.79. The Hall–Kier alpha value is -1.42. The van der Waals surface area contributed by atoms with Crippen molar-refractivity contribution in [2.45, 2.75) is 39.2 Å². The maximum atomic E-state index is 11.6. The summed E-state index contributed by atoms with van der Waals surface area (Å²) in [5.41, 5.74) is 7.27. The van der Waals surface area contributed by atoms with Crippen molar-refractivity contribution in [3.63, 3.8) is 0 Å². The molecule has 0 aliphatic carbocycles. The zero-order valence-corrected chi connectivity index (χ0v) is 10.1. The molecule has 0 unspecified atom stereocenters. The molecule has 0 fully saturated rings. The van der Waals surface area contributed by atoms with Gasteiger partial charge < -0.3 is 11.1 Å². The predicted octanol–water partition coefficient (Wildman–Crippen LogP) is 1.85. The maximum absolute atomic E-state index is 11.6. The van der Waals surface area contributed by atoms with Crippen molar-refractivity contribution in [1.82, 2.24) is 4.98 Å². The zero-order chi connectivity index (χ0) is 12.2. The normalized spacial score (nSPS) is 11.2. The molecule has 1 aromatic rings. The number of amides is 1. The minimum atomic E-state index is -0.303. The molecular weight excluding hydrogens is 202 g/mol. The van der Waals surface area contributed by atoms with E-state index in [1.165, 1.54) is 0 Å². The van der Waals surface area contributed by atoms with E-state index in [1.54, 1.807) is 12.4 Å². The molecule has 0 spiro atoms. The molecule has 0 saturated heterocycles. The Morgan fingerprint density at radius 3 is 2.75 bits per heavy atom. The van der Waals surface area contributed by atoms with Crippen molar-refractivity contribution in [1.29, 1.82) is 0 Å². The zero-order valence-electron chi connectivity index (χ0n) is 10.1. The molecule has 16 heavy (non-hydrogen) atoms. The van der Waals surface area contributed by atoms with Crippen LogP contribution in [-0.2, 0) is 4.79 Å². The van der Waals surface area contributed by atoms with E-state index in [-0.39, 0.29) is 11.4 Å². The molecule has 0 aromatic carbocycles. The first-order chi connectivity index (χ1) is 7.37. The molecule has 0 radical (unpaired) electrons. The second kappa shape index (κ2) is 5.07. The van der Waals surface area contributed by atoms with Gasteiger partial charge in [-0.2, -0.15) is 0 Å². The van der Waals surface area contributed by atoms with Gasteiger partial charge in [-0.15, -0.1) is 0 Å². The largest absolute Gasteiger partial charge is 0.326 e. The number of aryl methyl sites for hydroxylation is 1. The van der Waals surface area contributed by atoms with E-state index in [4.69, 9.17) is 5.73 Å². The maximum Gasteiger partial charge on any atom is 0.224 e. The fraction of sp³-hybridized carbons (Fsp3) is 0.500. The number of carbonyl (C=O) groups is 1. The molecule has 1 heterocycles. The lowest BCUT2D eigenvalue weighted by molar-refractivity contribution is -0.116. The quantitative estimate of drug-likeness (QED) is 0.815. The minimum absolute atomic E-state index is 0.0223. The molecule has 88 valence electrons. The molecule has 1 aromatic heterocycles. The Bertz CT molecular complexity index is 369. The number of pyridine rings is 1. The van der Waals surface area contributed by atoms with Gasteiger partial charge in [0, 0.05) is 18.2 Å². The van der Waals surface area contributed by atoms with Gasteiger partial charge in [-0.3, -0.25) is 9.78 Å². The lowest BCUT2D eigenvalue weighted by atomic mass is 10.00. The van der Waals surface area contributed by atoms with E-state index in [2.05, 4.69) is 10.3 Å². The van der Waals surface area contributed by atoms with Crippen LogP contribution in [-0.4, -0.2) is 16.4 Å². The fourth-order valence-electron chi connectivity index (χ4n) is 1.28. The lowest BCUT2D eigenvalue weighted by Crippen LogP contribution is -2.33. The summed E-state index contributed by atoms with van der Waals surface area (Å²) in [7, 11) is 0. The Kier molecular flexibility index (Phi) is 4.01. The van der Waals surface area contributed by atoms with Gasteiger partial charge in [-0.1, -0.05) is 0 Å². The Morgan fingerprint density at radius 1 is 1.50 bits per heavy atom. The van der Waals surface area contributed by atoms with Crippen molar-refractivity contribution >= 4 is 11.6 Å². The summed E-state index contributed by atoms with van der Waals surface area (Å²) in [6, 6.07) is 1.89. The molecule has 4 heteroatoms. The van der Waals surface area contributed by atoms with Crippen LogP contribution in [0.15, 0.2) is 18.5 Å². The van der Waals surface area contributed by atoms with E-state index >= 15 is 0 Å². The number of nitrogens with one attached hydrogen (secondary N) is 1. The van der Waals surface area contributed by atoms with E-state index in [0.717, 1.165) is 11.3 Å². The highest BCUT2D eigenvalue weighted by Gasteiger charge is 2.13. The third kappa shape index (κ3) is 4.89. The summed E-state index contributed by atoms with van der Waals surface area (Å²) in [6.07, 6.45) is 4.48. The smallest absolute Gasteiger partial charge is 0.224 e. The number of nitrogens with zero attached hydrogens (tertiary/aromatic N) is 1. The van der Waals surface area contributed by atoms with E-state index in [1.807, 2.05) is 26.8 Å². The molecule has 0 atom stereocenters. The predicted molar refractivity (Wildman–Crippen MR) is 65.1 cm³/mol. The number of carbonyl (C=O) groups excluding carboxylic acids is 1. The summed E-state index contributed by atoms with van der Waals surface area (Å²) < 4.78 is 0. The lowest BCUT2D eigenvalue weighted by Gasteiger charge is -2.17. The molecule has 0 bridgehead atoms. The number of hydrogen-bond donors (Lipinski definition) is 2. The molecule has 3 N–H and O–H groups in total. The van der Waals surface area contributed by atoms with Gasteiger partial charge in [0.25, 0.3) is 0 Å². The van der Waals surface area contributed by atoms with Crippen molar-refractivity contribution in [3.05, 3.63) is 24.0 Å². The number of aromatic nitrogens is 1. The van der Waals surface area contributed by atoms with Gasteiger partial charge in [0.05, 0.1) is 11.9 Å². The van der Waals surface area contributed by atoms with E-state index in [0.29, 0.717) is 12.8 Å². The average molecular weight is 221 g/mol. The first kappa shape index (κ1) is 12.6. The van der Waals surface area contributed by atoms with Crippen LogP contribution in [0.1, 0.15) is 32.3 Å². The highest BCUT2D eigenvalue weighted by Crippen LogP contribution is 2.11. The van der Waals surface area contributed by atoms with Crippen molar-refractivity contribution in [3.8, 4) is 0 Å². The summed E-state index contributed by atoms with van der Waals surface area (Å²) in [4.78, 5) is 15.6. The molecule has 0 aliphatic heterocycles. The van der Waals surface area contributed by atoms with Crippen LogP contribution in [0.3, 0.4) is 0 Å². The number of rotatable bonds is 4. The van der Waals surface area contributed by atoms with Crippen LogP contribution in [0.4, 0.5) is 5.69 Å². The fourth-order valence-corrected chi connectivity index (χ4v) is 1.28. The molecule has 1 rings (SSSR count). The van der Waals surface area contributed by atoms with Crippen LogP contribution >= 0.6 is 0 Å². The van der Waals surface area contributed by atoms with Crippen LogP contribution < -0.4 is 11.1 Å². The van der Waals surface area contributed by atoms with Gasteiger partial charge in [-0.05, 0) is 38.8 Å². The summed E-state index contributed by atoms with van der Waals surface area (Å²) >= 11 is 0.